The van der Waals surface area contributed by atoms with Crippen LogP contribution >= 0.6 is 0 Å². The fourth-order valence-corrected chi connectivity index (χ4v) is 3.15. The van der Waals surface area contributed by atoms with Crippen LogP contribution in [0.3, 0.4) is 0 Å². The molecule has 0 bridgehead atoms. The van der Waals surface area contributed by atoms with E-state index in [0.29, 0.717) is 5.54 Å². The van der Waals surface area contributed by atoms with Crippen LogP contribution in [0.5, 0.6) is 0 Å². The van der Waals surface area contributed by atoms with Crippen molar-refractivity contribution in [3.8, 4) is 0 Å². The third-order valence-corrected chi connectivity index (χ3v) is 4.39. The van der Waals surface area contributed by atoms with Crippen molar-refractivity contribution in [2.45, 2.75) is 31.7 Å². The van der Waals surface area contributed by atoms with Gasteiger partial charge in [0.2, 0.25) is 0 Å². The molecule has 1 saturated heterocycles. The highest BCUT2D eigenvalue weighted by atomic mass is 16.5. The third-order valence-electron chi connectivity index (χ3n) is 4.39. The predicted octanol–water partition coefficient (Wildman–Crippen LogP) is 2.71. The summed E-state index contributed by atoms with van der Waals surface area (Å²) in [6.07, 6.45) is 4.00. The Bertz CT molecular complexity index is 374. The lowest BCUT2D eigenvalue weighted by Gasteiger charge is -2.52. The first-order chi connectivity index (χ1) is 8.31. The summed E-state index contributed by atoms with van der Waals surface area (Å²) in [5.41, 5.74) is 3.19. The number of ether oxygens (including phenoxy) is 1. The first-order valence-corrected chi connectivity index (χ1v) is 6.71. The van der Waals surface area contributed by atoms with Gasteiger partial charge in [0.15, 0.2) is 0 Å². The van der Waals surface area contributed by atoms with Gasteiger partial charge >= 0.3 is 0 Å². The molecular weight excluding hydrogens is 210 g/mol. The molecule has 1 aromatic rings. The molecule has 2 aliphatic rings. The van der Waals surface area contributed by atoms with Gasteiger partial charge in [0.25, 0.3) is 0 Å². The largest absolute Gasteiger partial charge is 0.379 e. The molecule has 0 amide bonds. The maximum absolute atomic E-state index is 5.48. The minimum atomic E-state index is 0.331. The number of benzene rings is 1. The van der Waals surface area contributed by atoms with Gasteiger partial charge < -0.3 is 4.74 Å². The van der Waals surface area contributed by atoms with Crippen LogP contribution in [-0.2, 0) is 10.3 Å². The molecule has 0 spiro atoms. The molecule has 0 N–H and O–H groups in total. The molecule has 3 rings (SSSR count). The van der Waals surface area contributed by atoms with Crippen LogP contribution < -0.4 is 0 Å². The summed E-state index contributed by atoms with van der Waals surface area (Å²) < 4.78 is 5.48. The van der Waals surface area contributed by atoms with Gasteiger partial charge in [-0.1, -0.05) is 29.8 Å². The van der Waals surface area contributed by atoms with Gasteiger partial charge in [-0.15, -0.1) is 0 Å². The van der Waals surface area contributed by atoms with Crippen molar-refractivity contribution in [1.82, 2.24) is 4.90 Å². The minimum absolute atomic E-state index is 0.331. The van der Waals surface area contributed by atoms with E-state index in [1.54, 1.807) is 0 Å². The average molecular weight is 231 g/mol. The van der Waals surface area contributed by atoms with Crippen LogP contribution in [0.1, 0.15) is 30.4 Å². The van der Waals surface area contributed by atoms with E-state index in [1.165, 1.54) is 30.4 Å². The molecule has 0 aromatic heterocycles. The van der Waals surface area contributed by atoms with Crippen molar-refractivity contribution in [3.63, 3.8) is 0 Å². The molecule has 17 heavy (non-hydrogen) atoms. The van der Waals surface area contributed by atoms with Crippen molar-refractivity contribution in [2.75, 3.05) is 26.3 Å². The quantitative estimate of drug-likeness (QED) is 0.776. The summed E-state index contributed by atoms with van der Waals surface area (Å²) in [4.78, 5) is 2.64. The lowest BCUT2D eigenvalue weighted by molar-refractivity contribution is -0.0595. The second-order valence-corrected chi connectivity index (χ2v) is 5.35. The fourth-order valence-electron chi connectivity index (χ4n) is 3.15. The maximum atomic E-state index is 5.48. The second kappa shape index (κ2) is 4.43. The molecule has 2 fully saturated rings. The summed E-state index contributed by atoms with van der Waals surface area (Å²) in [6.45, 7) is 6.13. The van der Waals surface area contributed by atoms with Crippen molar-refractivity contribution in [2.24, 2.45) is 0 Å². The van der Waals surface area contributed by atoms with Crippen LogP contribution in [0.25, 0.3) is 0 Å². The molecule has 1 aliphatic carbocycles. The Kier molecular flexibility index (Phi) is 2.93. The number of aryl methyl sites for hydroxylation is 1. The van der Waals surface area contributed by atoms with Gasteiger partial charge in [0, 0.05) is 18.6 Å². The second-order valence-electron chi connectivity index (χ2n) is 5.35. The smallest absolute Gasteiger partial charge is 0.0594 e. The lowest BCUT2D eigenvalue weighted by Crippen LogP contribution is -2.55. The predicted molar refractivity (Wildman–Crippen MR) is 69.1 cm³/mol. The first-order valence-electron chi connectivity index (χ1n) is 6.71. The van der Waals surface area contributed by atoms with Gasteiger partial charge in [-0.05, 0) is 31.7 Å². The molecule has 2 heteroatoms. The summed E-state index contributed by atoms with van der Waals surface area (Å²) in [6, 6.07) is 9.14. The van der Waals surface area contributed by atoms with E-state index in [-0.39, 0.29) is 0 Å². The summed E-state index contributed by atoms with van der Waals surface area (Å²) >= 11 is 0. The monoisotopic (exact) mass is 231 g/mol. The number of morpholine rings is 1. The van der Waals surface area contributed by atoms with Crippen LogP contribution in [0.15, 0.2) is 24.3 Å². The van der Waals surface area contributed by atoms with Crippen LogP contribution in [0.4, 0.5) is 0 Å². The van der Waals surface area contributed by atoms with E-state index in [2.05, 4.69) is 36.1 Å². The standard InChI is InChI=1S/C15H21NO/c1-13-3-5-14(6-4-13)15(7-2-8-15)16-9-11-17-12-10-16/h3-6H,2,7-12H2,1H3. The van der Waals surface area contributed by atoms with E-state index < -0.39 is 0 Å². The van der Waals surface area contributed by atoms with E-state index in [0.717, 1.165) is 26.3 Å². The zero-order valence-electron chi connectivity index (χ0n) is 10.6. The topological polar surface area (TPSA) is 12.5 Å². The summed E-state index contributed by atoms with van der Waals surface area (Å²) in [7, 11) is 0. The minimum Gasteiger partial charge on any atom is -0.379 e. The highest BCUT2D eigenvalue weighted by molar-refractivity contribution is 5.30. The number of hydrogen-bond acceptors (Lipinski definition) is 2. The van der Waals surface area contributed by atoms with Gasteiger partial charge in [-0.3, -0.25) is 4.90 Å². The SMILES string of the molecule is Cc1ccc(C2(N3CCOCC3)CCC2)cc1. The normalized spacial score (nSPS) is 24.3. The van der Waals surface area contributed by atoms with Crippen LogP contribution in [-0.4, -0.2) is 31.2 Å². The molecule has 0 unspecified atom stereocenters. The Balaban J connectivity index is 1.87. The number of rotatable bonds is 2. The van der Waals surface area contributed by atoms with Gasteiger partial charge in [0.05, 0.1) is 13.2 Å². The highest BCUT2D eigenvalue weighted by Gasteiger charge is 2.44. The highest BCUT2D eigenvalue weighted by Crippen LogP contribution is 2.46. The Hall–Kier alpha value is -0.860. The molecule has 0 atom stereocenters. The van der Waals surface area contributed by atoms with Crippen LogP contribution in [0.2, 0.25) is 0 Å². The van der Waals surface area contributed by atoms with E-state index >= 15 is 0 Å². The van der Waals surface area contributed by atoms with Crippen molar-refractivity contribution >= 4 is 0 Å². The molecule has 0 radical (unpaired) electrons. The number of hydrogen-bond donors (Lipinski definition) is 0. The lowest BCUT2D eigenvalue weighted by atomic mass is 9.70. The van der Waals surface area contributed by atoms with Crippen molar-refractivity contribution in [1.29, 1.82) is 0 Å². The molecule has 2 nitrogen and oxygen atoms in total. The maximum Gasteiger partial charge on any atom is 0.0594 e. The third kappa shape index (κ3) is 1.90. The summed E-state index contributed by atoms with van der Waals surface area (Å²) in [5.74, 6) is 0. The Labute approximate surface area is 104 Å². The van der Waals surface area contributed by atoms with Crippen molar-refractivity contribution in [3.05, 3.63) is 35.4 Å². The van der Waals surface area contributed by atoms with Crippen LogP contribution in [0, 0.1) is 6.92 Å². The van der Waals surface area contributed by atoms with Gasteiger partial charge in [-0.25, -0.2) is 0 Å². The Morgan fingerprint density at radius 1 is 1.06 bits per heavy atom. The zero-order chi connectivity index (χ0) is 11.7. The molecule has 1 saturated carbocycles. The Morgan fingerprint density at radius 3 is 2.24 bits per heavy atom. The Morgan fingerprint density at radius 2 is 1.71 bits per heavy atom. The fraction of sp³-hybridized carbons (Fsp3) is 0.600. The summed E-state index contributed by atoms with van der Waals surface area (Å²) in [5, 5.41) is 0. The first kappa shape index (κ1) is 11.2. The molecule has 1 aromatic carbocycles. The molecular formula is C15H21NO. The molecule has 92 valence electrons. The van der Waals surface area contributed by atoms with Crippen molar-refractivity contribution < 1.29 is 4.74 Å². The van der Waals surface area contributed by atoms with E-state index in [4.69, 9.17) is 4.74 Å². The van der Waals surface area contributed by atoms with Gasteiger partial charge in [0.1, 0.15) is 0 Å². The molecule has 1 aliphatic heterocycles. The molecule has 1 heterocycles. The average Bonchev–Trinajstić information content (AvgIpc) is 2.32. The van der Waals surface area contributed by atoms with E-state index in [1.807, 2.05) is 0 Å². The number of nitrogens with zero attached hydrogens (tertiary/aromatic N) is 1. The zero-order valence-corrected chi connectivity index (χ0v) is 10.6. The van der Waals surface area contributed by atoms with E-state index in [9.17, 15) is 0 Å². The van der Waals surface area contributed by atoms with Gasteiger partial charge in [-0.2, -0.15) is 0 Å².